The molecule has 0 spiro atoms. The van der Waals surface area contributed by atoms with Gasteiger partial charge in [-0.3, -0.25) is 4.79 Å². The van der Waals surface area contributed by atoms with Gasteiger partial charge in [-0.15, -0.1) is 0 Å². The van der Waals surface area contributed by atoms with Crippen molar-refractivity contribution in [2.24, 2.45) is 0 Å². The summed E-state index contributed by atoms with van der Waals surface area (Å²) in [5.74, 6) is -1.76. The lowest BCUT2D eigenvalue weighted by Crippen LogP contribution is -2.43. The topological polar surface area (TPSA) is 133 Å². The Morgan fingerprint density at radius 2 is 1.86 bits per heavy atom. The highest BCUT2D eigenvalue weighted by molar-refractivity contribution is 5.93. The molecule has 2 heterocycles. The average Bonchev–Trinajstić information content (AvgIpc) is 3.72. The van der Waals surface area contributed by atoms with Crippen LogP contribution in [0.1, 0.15) is 42.6 Å². The molecule has 1 aromatic carbocycles. The van der Waals surface area contributed by atoms with Gasteiger partial charge in [0.05, 0.1) is 43.7 Å². The van der Waals surface area contributed by atoms with Gasteiger partial charge in [0, 0.05) is 50.4 Å². The van der Waals surface area contributed by atoms with Gasteiger partial charge in [-0.05, 0) is 38.3 Å². The molecule has 0 amide bonds. The molecule has 2 fully saturated rings. The SMILES string of the molecule is CC(CCOCCO)OCCO.O=C(O)c1cn(C2CC2)c2cc(N3CCNCC3)c(F)cc2c1=O. The Hall–Kier alpha value is -2.57. The minimum Gasteiger partial charge on any atom is -0.477 e. The summed E-state index contributed by atoms with van der Waals surface area (Å²) < 4.78 is 26.7. The Bertz CT molecular complexity index is 1070. The monoisotopic (exact) mass is 509 g/mol. The fourth-order valence-corrected chi connectivity index (χ4v) is 4.07. The van der Waals surface area contributed by atoms with Crippen LogP contribution in [0, 0.1) is 5.82 Å². The summed E-state index contributed by atoms with van der Waals surface area (Å²) in [6.45, 7) is 6.36. The Balaban J connectivity index is 0.000000257. The van der Waals surface area contributed by atoms with Crippen LogP contribution in [0.2, 0.25) is 0 Å². The second-order valence-electron chi connectivity index (χ2n) is 8.90. The van der Waals surface area contributed by atoms with Crippen molar-refractivity contribution in [3.8, 4) is 0 Å². The predicted octanol–water partition coefficient (Wildman–Crippen LogP) is 1.37. The Kier molecular flexibility index (Phi) is 10.6. The number of hydrogen-bond acceptors (Lipinski definition) is 8. The number of nitrogens with zero attached hydrogens (tertiary/aromatic N) is 2. The second kappa shape index (κ2) is 13.7. The maximum atomic E-state index is 14.6. The lowest BCUT2D eigenvalue weighted by Gasteiger charge is -2.30. The van der Waals surface area contributed by atoms with E-state index < -0.39 is 17.2 Å². The molecule has 0 bridgehead atoms. The highest BCUT2D eigenvalue weighted by atomic mass is 19.1. The molecule has 11 heteroatoms. The zero-order valence-corrected chi connectivity index (χ0v) is 20.6. The van der Waals surface area contributed by atoms with Crippen LogP contribution in [0.25, 0.3) is 10.9 Å². The average molecular weight is 510 g/mol. The van der Waals surface area contributed by atoms with E-state index in [-0.39, 0.29) is 36.3 Å². The Labute approximate surface area is 209 Å². The summed E-state index contributed by atoms with van der Waals surface area (Å²) in [4.78, 5) is 25.7. The number of hydrogen-bond donors (Lipinski definition) is 4. The van der Waals surface area contributed by atoms with Crippen LogP contribution < -0.4 is 15.6 Å². The summed E-state index contributed by atoms with van der Waals surface area (Å²) in [6, 6.07) is 3.08. The maximum absolute atomic E-state index is 14.6. The molecule has 1 aliphatic carbocycles. The molecule has 1 unspecified atom stereocenters. The van der Waals surface area contributed by atoms with E-state index in [1.165, 1.54) is 12.3 Å². The first-order valence-corrected chi connectivity index (χ1v) is 12.4. The van der Waals surface area contributed by atoms with Crippen LogP contribution in [0.5, 0.6) is 0 Å². The number of anilines is 1. The van der Waals surface area contributed by atoms with E-state index in [0.717, 1.165) is 32.4 Å². The largest absolute Gasteiger partial charge is 0.477 e. The number of carboxylic acids is 1. The fraction of sp³-hybridized carbons (Fsp3) is 0.600. The van der Waals surface area contributed by atoms with Gasteiger partial charge in [-0.25, -0.2) is 9.18 Å². The van der Waals surface area contributed by atoms with Gasteiger partial charge < -0.3 is 39.6 Å². The van der Waals surface area contributed by atoms with Crippen LogP contribution in [-0.4, -0.2) is 91.2 Å². The summed E-state index contributed by atoms with van der Waals surface area (Å²) in [7, 11) is 0. The molecule has 36 heavy (non-hydrogen) atoms. The van der Waals surface area contributed by atoms with E-state index in [0.29, 0.717) is 44.1 Å². The number of piperazine rings is 1. The van der Waals surface area contributed by atoms with Gasteiger partial charge in [0.2, 0.25) is 5.43 Å². The number of aliphatic hydroxyl groups excluding tert-OH is 2. The predicted molar refractivity (Wildman–Crippen MR) is 134 cm³/mol. The third-order valence-electron chi connectivity index (χ3n) is 6.13. The number of carbonyl (C=O) groups is 1. The number of benzene rings is 1. The van der Waals surface area contributed by atoms with Gasteiger partial charge in [-0.1, -0.05) is 0 Å². The number of ether oxygens (including phenoxy) is 2. The summed E-state index contributed by atoms with van der Waals surface area (Å²) >= 11 is 0. The van der Waals surface area contributed by atoms with Crippen molar-refractivity contribution in [3.05, 3.63) is 39.9 Å². The van der Waals surface area contributed by atoms with E-state index in [9.17, 15) is 19.1 Å². The molecule has 2 aromatic rings. The van der Waals surface area contributed by atoms with Crippen molar-refractivity contribution < 1.29 is 34.0 Å². The first-order chi connectivity index (χ1) is 17.4. The lowest BCUT2D eigenvalue weighted by molar-refractivity contribution is 0.0100. The Morgan fingerprint density at radius 1 is 1.17 bits per heavy atom. The third-order valence-corrected chi connectivity index (χ3v) is 6.13. The number of fused-ring (bicyclic) bond motifs is 1. The summed E-state index contributed by atoms with van der Waals surface area (Å²) in [5, 5.41) is 29.4. The standard InChI is InChI=1S/C17H18FN3O3.C8H18O4/c18-13-7-11-14(8-15(13)20-5-3-19-4-6-20)21(10-1-2-10)9-12(16(11)22)17(23)24;1-8(12-7-4-10)2-5-11-6-3-9/h7-10,19H,1-6H2,(H,23,24);8-10H,2-7H2,1H3. The van der Waals surface area contributed by atoms with E-state index in [1.807, 2.05) is 16.4 Å². The number of rotatable bonds is 11. The van der Waals surface area contributed by atoms with Crippen molar-refractivity contribution in [3.63, 3.8) is 0 Å². The highest BCUT2D eigenvalue weighted by Gasteiger charge is 2.28. The first kappa shape index (κ1) is 28.0. The molecular formula is C25H36FN3O7. The van der Waals surface area contributed by atoms with Crippen LogP contribution in [0.3, 0.4) is 0 Å². The molecule has 2 aliphatic rings. The first-order valence-electron chi connectivity index (χ1n) is 12.4. The molecule has 10 nitrogen and oxygen atoms in total. The molecule has 0 radical (unpaired) electrons. The van der Waals surface area contributed by atoms with Crippen LogP contribution in [0.15, 0.2) is 23.1 Å². The zero-order chi connectivity index (χ0) is 26.1. The van der Waals surface area contributed by atoms with Crippen LogP contribution in [-0.2, 0) is 9.47 Å². The van der Waals surface area contributed by atoms with E-state index in [4.69, 9.17) is 19.7 Å². The Morgan fingerprint density at radius 3 is 2.47 bits per heavy atom. The smallest absolute Gasteiger partial charge is 0.341 e. The normalized spacial score (nSPS) is 16.5. The molecule has 200 valence electrons. The van der Waals surface area contributed by atoms with Crippen molar-refractivity contribution >= 4 is 22.6 Å². The number of carboxylic acid groups (broad SMARTS) is 1. The minimum atomic E-state index is -1.28. The molecule has 1 aromatic heterocycles. The molecule has 1 saturated carbocycles. The maximum Gasteiger partial charge on any atom is 0.341 e. The number of pyridine rings is 1. The van der Waals surface area contributed by atoms with E-state index in [1.54, 1.807) is 6.07 Å². The number of nitrogens with one attached hydrogen (secondary N) is 1. The fourth-order valence-electron chi connectivity index (χ4n) is 4.07. The molecule has 4 N–H and O–H groups in total. The summed E-state index contributed by atoms with van der Waals surface area (Å²) in [5.41, 5.74) is 0.159. The third kappa shape index (κ3) is 7.47. The number of halogens is 1. The number of aliphatic hydroxyl groups is 2. The highest BCUT2D eigenvalue weighted by Crippen LogP contribution is 2.38. The van der Waals surface area contributed by atoms with Crippen molar-refractivity contribution in [2.45, 2.75) is 38.3 Å². The van der Waals surface area contributed by atoms with Gasteiger partial charge in [0.15, 0.2) is 0 Å². The van der Waals surface area contributed by atoms with E-state index in [2.05, 4.69) is 5.32 Å². The second-order valence-corrected chi connectivity index (χ2v) is 8.90. The van der Waals surface area contributed by atoms with Crippen molar-refractivity contribution in [1.29, 1.82) is 0 Å². The van der Waals surface area contributed by atoms with Gasteiger partial charge >= 0.3 is 5.97 Å². The molecule has 1 saturated heterocycles. The minimum absolute atomic E-state index is 0.0574. The molecule has 1 atom stereocenters. The number of aromatic carboxylic acids is 1. The van der Waals surface area contributed by atoms with Gasteiger partial charge in [0.25, 0.3) is 0 Å². The van der Waals surface area contributed by atoms with Crippen LogP contribution in [0.4, 0.5) is 10.1 Å². The number of aromatic nitrogens is 1. The van der Waals surface area contributed by atoms with Crippen LogP contribution >= 0.6 is 0 Å². The quantitative estimate of drug-likeness (QED) is 0.331. The van der Waals surface area contributed by atoms with Crippen molar-refractivity contribution in [2.75, 3.05) is 64.1 Å². The van der Waals surface area contributed by atoms with Gasteiger partial charge in [-0.2, -0.15) is 0 Å². The lowest BCUT2D eigenvalue weighted by atomic mass is 10.1. The zero-order valence-electron chi connectivity index (χ0n) is 20.6. The molecule has 1 aliphatic heterocycles. The molecular weight excluding hydrogens is 473 g/mol. The van der Waals surface area contributed by atoms with Crippen molar-refractivity contribution in [1.82, 2.24) is 9.88 Å². The van der Waals surface area contributed by atoms with E-state index >= 15 is 0 Å². The van der Waals surface area contributed by atoms with Gasteiger partial charge in [0.1, 0.15) is 11.4 Å². The summed E-state index contributed by atoms with van der Waals surface area (Å²) in [6.07, 6.45) is 4.19. The molecule has 4 rings (SSSR count).